The third kappa shape index (κ3) is 6.16. The Morgan fingerprint density at radius 2 is 1.88 bits per heavy atom. The fraction of sp³-hybridized carbons (Fsp3) is 0.542. The van der Waals surface area contributed by atoms with Crippen LogP contribution in [-0.4, -0.2) is 12.1 Å². The summed E-state index contributed by atoms with van der Waals surface area (Å²) >= 11 is 0. The summed E-state index contributed by atoms with van der Waals surface area (Å²) in [6.45, 7) is 18.7. The lowest BCUT2D eigenvalue weighted by Gasteiger charge is -2.26. The zero-order chi connectivity index (χ0) is 19.7. The lowest BCUT2D eigenvalue weighted by Crippen LogP contribution is -2.21. The van der Waals surface area contributed by atoms with Gasteiger partial charge in [0.25, 0.3) is 0 Å². The molecular formula is C24H36O2. The smallest absolute Gasteiger partial charge is 0.338 e. The van der Waals surface area contributed by atoms with Crippen molar-refractivity contribution >= 4 is 17.6 Å². The molecule has 2 heteroatoms. The number of ether oxygens (including phenoxy) is 1. The molecule has 0 radical (unpaired) electrons. The molecule has 0 fully saturated rings. The van der Waals surface area contributed by atoms with E-state index in [0.29, 0.717) is 5.57 Å². The van der Waals surface area contributed by atoms with E-state index in [9.17, 15) is 4.79 Å². The Kier molecular flexibility index (Phi) is 8.84. The van der Waals surface area contributed by atoms with Crippen LogP contribution in [0.5, 0.6) is 0 Å². The molecule has 1 aromatic carbocycles. The van der Waals surface area contributed by atoms with Crippen molar-refractivity contribution in [2.45, 2.75) is 84.7 Å². The van der Waals surface area contributed by atoms with Crippen LogP contribution >= 0.6 is 0 Å². The van der Waals surface area contributed by atoms with E-state index in [2.05, 4.69) is 47.8 Å². The van der Waals surface area contributed by atoms with Crippen molar-refractivity contribution in [3.63, 3.8) is 0 Å². The number of benzene rings is 1. The van der Waals surface area contributed by atoms with Gasteiger partial charge in [0.05, 0.1) is 5.57 Å². The molecule has 0 heterocycles. The van der Waals surface area contributed by atoms with Gasteiger partial charge < -0.3 is 4.74 Å². The second-order valence-corrected chi connectivity index (χ2v) is 7.99. The molecule has 1 atom stereocenters. The van der Waals surface area contributed by atoms with E-state index in [1.54, 1.807) is 0 Å². The Hall–Kier alpha value is -1.83. The van der Waals surface area contributed by atoms with Gasteiger partial charge in [-0.2, -0.15) is 0 Å². The average molecular weight is 357 g/mol. The average Bonchev–Trinajstić information content (AvgIpc) is 2.61. The van der Waals surface area contributed by atoms with E-state index < -0.39 is 0 Å². The van der Waals surface area contributed by atoms with Gasteiger partial charge in [0.2, 0.25) is 0 Å². The van der Waals surface area contributed by atoms with Crippen molar-refractivity contribution in [2.75, 3.05) is 0 Å². The summed E-state index contributed by atoms with van der Waals surface area (Å²) in [7, 11) is 0. The largest absolute Gasteiger partial charge is 0.459 e. The predicted molar refractivity (Wildman–Crippen MR) is 113 cm³/mol. The molecule has 0 saturated carbocycles. The number of carbonyl (C=O) groups is 1. The van der Waals surface area contributed by atoms with E-state index in [-0.39, 0.29) is 17.5 Å². The number of hydrogen-bond donors (Lipinski definition) is 0. The van der Waals surface area contributed by atoms with Crippen LogP contribution in [0.4, 0.5) is 0 Å². The summed E-state index contributed by atoms with van der Waals surface area (Å²) < 4.78 is 5.77. The predicted octanol–water partition coefficient (Wildman–Crippen LogP) is 6.93. The van der Waals surface area contributed by atoms with Crippen LogP contribution in [0.25, 0.3) is 11.6 Å². The van der Waals surface area contributed by atoms with E-state index >= 15 is 0 Å². The molecule has 0 aromatic heterocycles. The molecular weight excluding hydrogens is 320 g/mol. The first-order chi connectivity index (χ1) is 12.3. The second-order valence-electron chi connectivity index (χ2n) is 7.99. The van der Waals surface area contributed by atoms with Gasteiger partial charge in [-0.1, -0.05) is 91.3 Å². The zero-order valence-corrected chi connectivity index (χ0v) is 17.4. The topological polar surface area (TPSA) is 26.3 Å². The highest BCUT2D eigenvalue weighted by Crippen LogP contribution is 2.34. The van der Waals surface area contributed by atoms with E-state index in [4.69, 9.17) is 4.74 Å². The Morgan fingerprint density at radius 3 is 2.42 bits per heavy atom. The molecule has 2 nitrogen and oxygen atoms in total. The summed E-state index contributed by atoms with van der Waals surface area (Å²) in [4.78, 5) is 12.7. The first kappa shape index (κ1) is 22.2. The van der Waals surface area contributed by atoms with Crippen LogP contribution in [0.3, 0.4) is 0 Å². The maximum absolute atomic E-state index is 12.7. The first-order valence-electron chi connectivity index (χ1n) is 9.92. The standard InChI is InChI=1S/C24H36O2/c1-8-11-12-13-16-20(10-3)26-23(25)18(4)21-17-14-15-19(9-2)22(21)24(5,6)7/h9,14-15,17,20H,2,4,8,10-13,16H2,1,3,5-7H3. The monoisotopic (exact) mass is 356 g/mol. The third-order valence-corrected chi connectivity index (χ3v) is 4.75. The lowest BCUT2D eigenvalue weighted by molar-refractivity contribution is -0.142. The van der Waals surface area contributed by atoms with Crippen molar-refractivity contribution in [3.8, 4) is 0 Å². The van der Waals surface area contributed by atoms with Gasteiger partial charge in [-0.05, 0) is 41.4 Å². The fourth-order valence-corrected chi connectivity index (χ4v) is 3.31. The molecule has 0 aliphatic carbocycles. The minimum Gasteiger partial charge on any atom is -0.459 e. The molecule has 0 aliphatic rings. The van der Waals surface area contributed by atoms with E-state index in [1.165, 1.54) is 19.3 Å². The molecule has 0 bridgehead atoms. The van der Waals surface area contributed by atoms with Gasteiger partial charge >= 0.3 is 5.97 Å². The Labute approximate surface area is 160 Å². The SMILES string of the molecule is C=Cc1cccc(C(=C)C(=O)OC(CC)CCCCCC)c1C(C)(C)C. The van der Waals surface area contributed by atoms with Gasteiger partial charge in [0.1, 0.15) is 6.10 Å². The number of carbonyl (C=O) groups excluding carboxylic acids is 1. The summed E-state index contributed by atoms with van der Waals surface area (Å²) in [5.41, 5.74) is 3.31. The molecule has 0 saturated heterocycles. The summed E-state index contributed by atoms with van der Waals surface area (Å²) in [5, 5.41) is 0. The summed E-state index contributed by atoms with van der Waals surface area (Å²) in [6.07, 6.45) is 8.32. The number of unbranched alkanes of at least 4 members (excludes halogenated alkanes) is 3. The highest BCUT2D eigenvalue weighted by molar-refractivity contribution is 6.16. The van der Waals surface area contributed by atoms with Crippen molar-refractivity contribution < 1.29 is 9.53 Å². The van der Waals surface area contributed by atoms with Gasteiger partial charge in [-0.3, -0.25) is 0 Å². The van der Waals surface area contributed by atoms with Crippen LogP contribution < -0.4 is 0 Å². The number of esters is 1. The molecule has 144 valence electrons. The zero-order valence-electron chi connectivity index (χ0n) is 17.4. The molecule has 1 rings (SSSR count). The molecule has 0 N–H and O–H groups in total. The minimum absolute atomic E-state index is 0.0308. The third-order valence-electron chi connectivity index (χ3n) is 4.75. The number of hydrogen-bond acceptors (Lipinski definition) is 2. The van der Waals surface area contributed by atoms with Gasteiger partial charge in [-0.15, -0.1) is 0 Å². The van der Waals surface area contributed by atoms with Crippen LogP contribution in [0, 0.1) is 0 Å². The quantitative estimate of drug-likeness (QED) is 0.258. The Morgan fingerprint density at radius 1 is 1.19 bits per heavy atom. The Bertz CT molecular complexity index is 620. The van der Waals surface area contributed by atoms with Crippen molar-refractivity contribution in [1.29, 1.82) is 0 Å². The molecule has 1 aromatic rings. The van der Waals surface area contributed by atoms with Gasteiger partial charge in [-0.25, -0.2) is 4.79 Å². The van der Waals surface area contributed by atoms with Crippen LogP contribution in [0.2, 0.25) is 0 Å². The van der Waals surface area contributed by atoms with Crippen molar-refractivity contribution in [3.05, 3.63) is 48.0 Å². The van der Waals surface area contributed by atoms with E-state index in [1.807, 2.05) is 24.3 Å². The summed E-state index contributed by atoms with van der Waals surface area (Å²) in [5.74, 6) is -0.306. The van der Waals surface area contributed by atoms with Crippen LogP contribution in [-0.2, 0) is 14.9 Å². The second kappa shape index (κ2) is 10.4. The fourth-order valence-electron chi connectivity index (χ4n) is 3.31. The normalized spacial score (nSPS) is 12.5. The highest BCUT2D eigenvalue weighted by atomic mass is 16.5. The van der Waals surface area contributed by atoms with Gasteiger partial charge in [0, 0.05) is 0 Å². The molecule has 26 heavy (non-hydrogen) atoms. The molecule has 0 aliphatic heterocycles. The Balaban J connectivity index is 2.95. The van der Waals surface area contributed by atoms with Crippen molar-refractivity contribution in [2.24, 2.45) is 0 Å². The van der Waals surface area contributed by atoms with E-state index in [0.717, 1.165) is 36.0 Å². The minimum atomic E-state index is -0.306. The molecule has 1 unspecified atom stereocenters. The van der Waals surface area contributed by atoms with Crippen molar-refractivity contribution in [1.82, 2.24) is 0 Å². The van der Waals surface area contributed by atoms with Gasteiger partial charge in [0.15, 0.2) is 0 Å². The van der Waals surface area contributed by atoms with Crippen LogP contribution in [0.15, 0.2) is 31.4 Å². The lowest BCUT2D eigenvalue weighted by atomic mass is 9.79. The maximum Gasteiger partial charge on any atom is 0.338 e. The van der Waals surface area contributed by atoms with Crippen LogP contribution in [0.1, 0.15) is 89.8 Å². The highest BCUT2D eigenvalue weighted by Gasteiger charge is 2.25. The number of rotatable bonds is 10. The molecule has 0 spiro atoms. The maximum atomic E-state index is 12.7. The summed E-state index contributed by atoms with van der Waals surface area (Å²) in [6, 6.07) is 5.93. The first-order valence-corrected chi connectivity index (χ1v) is 9.92. The molecule has 0 amide bonds.